The van der Waals surface area contributed by atoms with Crippen LogP contribution in [-0.2, 0) is 4.79 Å². The topological polar surface area (TPSA) is 69.8 Å². The fourth-order valence-electron chi connectivity index (χ4n) is 4.60. The van der Waals surface area contributed by atoms with Crippen molar-refractivity contribution in [3.63, 3.8) is 0 Å². The smallest absolute Gasteiger partial charge is 0.234 e. The van der Waals surface area contributed by atoms with Gasteiger partial charge >= 0.3 is 0 Å². The van der Waals surface area contributed by atoms with Gasteiger partial charge in [-0.25, -0.2) is 0 Å². The lowest BCUT2D eigenvalue weighted by atomic mass is 9.89. The molecule has 0 aromatic rings. The van der Waals surface area contributed by atoms with Gasteiger partial charge < -0.3 is 10.8 Å². The molecule has 2 heterocycles. The van der Waals surface area contributed by atoms with E-state index < -0.39 is 0 Å². The number of amides is 1. The first-order chi connectivity index (χ1) is 10.2. The van der Waals surface area contributed by atoms with Gasteiger partial charge in [0.15, 0.2) is 0 Å². The van der Waals surface area contributed by atoms with Crippen molar-refractivity contribution in [3.8, 4) is 0 Å². The third kappa shape index (κ3) is 3.25. The summed E-state index contributed by atoms with van der Waals surface area (Å²) in [7, 11) is 0. The molecule has 0 aromatic carbocycles. The van der Waals surface area contributed by atoms with Gasteiger partial charge in [0.25, 0.3) is 0 Å². The van der Waals surface area contributed by atoms with Gasteiger partial charge in [0.2, 0.25) is 5.91 Å². The quantitative estimate of drug-likeness (QED) is 0.804. The van der Waals surface area contributed by atoms with Crippen LogP contribution in [0.2, 0.25) is 0 Å². The van der Waals surface area contributed by atoms with Gasteiger partial charge in [-0.3, -0.25) is 14.6 Å². The molecule has 5 heteroatoms. The van der Waals surface area contributed by atoms with Crippen LogP contribution >= 0.6 is 0 Å². The van der Waals surface area contributed by atoms with Crippen LogP contribution in [0, 0.1) is 0 Å². The number of hydrogen-bond donors (Lipinski definition) is 2. The Bertz CT molecular complexity index is 369. The van der Waals surface area contributed by atoms with Crippen LogP contribution in [0.15, 0.2) is 0 Å². The molecule has 0 unspecified atom stereocenters. The zero-order valence-electron chi connectivity index (χ0n) is 12.9. The molecule has 3 atom stereocenters. The number of rotatable bonds is 3. The van der Waals surface area contributed by atoms with Crippen molar-refractivity contribution in [2.75, 3.05) is 19.6 Å². The van der Waals surface area contributed by atoms with Crippen LogP contribution in [0.1, 0.15) is 51.4 Å². The molecule has 2 aliphatic heterocycles. The van der Waals surface area contributed by atoms with Gasteiger partial charge in [0.1, 0.15) is 0 Å². The average Bonchev–Trinajstić information content (AvgIpc) is 2.98. The number of aliphatic hydroxyl groups excluding tert-OH is 1. The lowest BCUT2D eigenvalue weighted by molar-refractivity contribution is -0.123. The molecule has 0 aromatic heterocycles. The Morgan fingerprint density at radius 2 is 1.67 bits per heavy atom. The lowest BCUT2D eigenvalue weighted by Gasteiger charge is -2.44. The molecule has 5 nitrogen and oxygen atoms in total. The largest absolute Gasteiger partial charge is 0.391 e. The average molecular weight is 295 g/mol. The molecule has 3 aliphatic rings. The summed E-state index contributed by atoms with van der Waals surface area (Å²) in [4.78, 5) is 16.4. The molecule has 0 bridgehead atoms. The number of carbonyl (C=O) groups is 1. The Balaban J connectivity index is 1.54. The van der Waals surface area contributed by atoms with E-state index in [1.165, 1.54) is 12.8 Å². The molecule has 3 rings (SSSR count). The second kappa shape index (κ2) is 6.63. The van der Waals surface area contributed by atoms with Crippen molar-refractivity contribution in [1.82, 2.24) is 9.80 Å². The van der Waals surface area contributed by atoms with E-state index in [-0.39, 0.29) is 18.1 Å². The highest BCUT2D eigenvalue weighted by molar-refractivity contribution is 5.80. The summed E-state index contributed by atoms with van der Waals surface area (Å²) in [5.74, 6) is -0.155. The minimum absolute atomic E-state index is 0.0400. The van der Waals surface area contributed by atoms with Gasteiger partial charge in [-0.15, -0.1) is 0 Å². The third-order valence-corrected chi connectivity index (χ3v) is 5.75. The number of primary amides is 1. The minimum atomic E-state index is -0.155. The summed E-state index contributed by atoms with van der Waals surface area (Å²) < 4.78 is 0. The normalized spacial score (nSPS) is 36.9. The number of likely N-dealkylation sites (tertiary alicyclic amines) is 2. The Kier molecular flexibility index (Phi) is 4.82. The van der Waals surface area contributed by atoms with Crippen molar-refractivity contribution in [2.24, 2.45) is 5.73 Å². The molecule has 1 saturated carbocycles. The zero-order chi connectivity index (χ0) is 14.8. The van der Waals surface area contributed by atoms with Gasteiger partial charge in [-0.1, -0.05) is 12.8 Å². The van der Waals surface area contributed by atoms with E-state index in [0.29, 0.717) is 12.1 Å². The van der Waals surface area contributed by atoms with E-state index in [1.807, 2.05) is 0 Å². The van der Waals surface area contributed by atoms with Crippen LogP contribution in [0.3, 0.4) is 0 Å². The number of piperidine rings is 1. The van der Waals surface area contributed by atoms with Gasteiger partial charge in [0.05, 0.1) is 12.1 Å². The molecule has 3 fully saturated rings. The standard InChI is InChI=1S/C16H29N3O2/c17-16(21)14-5-3-9-19(14)12-7-10-18(11-8-12)13-4-1-2-6-15(13)20/h12-15,20H,1-11H2,(H2,17,21)/t13-,14+,15+/m1/s1. The molecule has 1 amide bonds. The van der Waals surface area contributed by atoms with Crippen LogP contribution in [0.5, 0.6) is 0 Å². The summed E-state index contributed by atoms with van der Waals surface area (Å²) >= 11 is 0. The Hall–Kier alpha value is -0.650. The monoisotopic (exact) mass is 295 g/mol. The number of hydrogen-bond acceptors (Lipinski definition) is 4. The second-order valence-electron chi connectivity index (χ2n) is 6.98. The van der Waals surface area contributed by atoms with E-state index in [4.69, 9.17) is 5.73 Å². The highest BCUT2D eigenvalue weighted by Crippen LogP contribution is 2.29. The number of carbonyl (C=O) groups excluding carboxylic acids is 1. The number of nitrogens with two attached hydrogens (primary N) is 1. The molecule has 3 N–H and O–H groups in total. The maximum atomic E-state index is 11.5. The molecule has 21 heavy (non-hydrogen) atoms. The first-order valence-electron chi connectivity index (χ1n) is 8.64. The lowest BCUT2D eigenvalue weighted by Crippen LogP contribution is -2.54. The predicted octanol–water partition coefficient (Wildman–Crippen LogP) is 0.704. The van der Waals surface area contributed by atoms with Gasteiger partial charge in [0, 0.05) is 25.2 Å². The van der Waals surface area contributed by atoms with Crippen molar-refractivity contribution in [1.29, 1.82) is 0 Å². The summed E-state index contributed by atoms with van der Waals surface area (Å²) in [6.45, 7) is 3.12. The fraction of sp³-hybridized carbons (Fsp3) is 0.938. The van der Waals surface area contributed by atoms with Crippen LogP contribution in [-0.4, -0.2) is 64.7 Å². The second-order valence-corrected chi connectivity index (χ2v) is 6.98. The first-order valence-corrected chi connectivity index (χ1v) is 8.64. The molecule has 1 aliphatic carbocycles. The van der Waals surface area contributed by atoms with Crippen molar-refractivity contribution >= 4 is 5.91 Å². The summed E-state index contributed by atoms with van der Waals surface area (Å²) in [6.07, 6.45) is 8.60. The van der Waals surface area contributed by atoms with E-state index in [2.05, 4.69) is 9.80 Å². The van der Waals surface area contributed by atoms with Crippen molar-refractivity contribution < 1.29 is 9.90 Å². The van der Waals surface area contributed by atoms with Gasteiger partial charge in [-0.2, -0.15) is 0 Å². The molecular formula is C16H29N3O2. The zero-order valence-corrected chi connectivity index (χ0v) is 12.9. The third-order valence-electron chi connectivity index (χ3n) is 5.75. The Morgan fingerprint density at radius 1 is 0.952 bits per heavy atom. The Labute approximate surface area is 127 Å². The summed E-state index contributed by atoms with van der Waals surface area (Å²) in [5.41, 5.74) is 5.53. The number of nitrogens with zero attached hydrogens (tertiary/aromatic N) is 2. The van der Waals surface area contributed by atoms with E-state index in [1.54, 1.807) is 0 Å². The predicted molar refractivity (Wildman–Crippen MR) is 81.8 cm³/mol. The van der Waals surface area contributed by atoms with E-state index >= 15 is 0 Å². The molecular weight excluding hydrogens is 266 g/mol. The van der Waals surface area contributed by atoms with Crippen LogP contribution < -0.4 is 5.73 Å². The minimum Gasteiger partial charge on any atom is -0.391 e. The summed E-state index contributed by atoms with van der Waals surface area (Å²) in [5, 5.41) is 10.2. The highest BCUT2D eigenvalue weighted by atomic mass is 16.3. The molecule has 120 valence electrons. The maximum absolute atomic E-state index is 11.5. The van der Waals surface area contributed by atoms with Crippen molar-refractivity contribution in [3.05, 3.63) is 0 Å². The fourth-order valence-corrected chi connectivity index (χ4v) is 4.60. The maximum Gasteiger partial charge on any atom is 0.234 e. The first kappa shape index (κ1) is 15.3. The molecule has 0 radical (unpaired) electrons. The SMILES string of the molecule is NC(=O)[C@@H]1CCCN1C1CCN([C@@H]2CCCC[C@@H]2O)CC1. The molecule has 0 spiro atoms. The van der Waals surface area contributed by atoms with Crippen LogP contribution in [0.4, 0.5) is 0 Å². The number of aliphatic hydroxyl groups is 1. The molecule has 2 saturated heterocycles. The van der Waals surface area contributed by atoms with Crippen LogP contribution in [0.25, 0.3) is 0 Å². The Morgan fingerprint density at radius 3 is 2.33 bits per heavy atom. The highest BCUT2D eigenvalue weighted by Gasteiger charge is 2.37. The van der Waals surface area contributed by atoms with E-state index in [9.17, 15) is 9.90 Å². The van der Waals surface area contributed by atoms with E-state index in [0.717, 1.165) is 58.2 Å². The van der Waals surface area contributed by atoms with Crippen molar-refractivity contribution in [2.45, 2.75) is 75.6 Å². The summed E-state index contributed by atoms with van der Waals surface area (Å²) in [6, 6.07) is 0.828. The van der Waals surface area contributed by atoms with Gasteiger partial charge in [-0.05, 0) is 45.1 Å².